The fourth-order valence-electron chi connectivity index (χ4n) is 3.07. The van der Waals surface area contributed by atoms with Crippen LogP contribution in [0.1, 0.15) is 66.7 Å². The molecular formula is C17H33NO3. The first kappa shape index (κ1) is 18.3. The Morgan fingerprint density at radius 3 is 2.48 bits per heavy atom. The van der Waals surface area contributed by atoms with E-state index in [-0.39, 0.29) is 11.6 Å². The maximum Gasteiger partial charge on any atom is 0.410 e. The maximum atomic E-state index is 12.3. The molecule has 1 amide bonds. The van der Waals surface area contributed by atoms with E-state index in [1.165, 1.54) is 19.3 Å². The molecule has 21 heavy (non-hydrogen) atoms. The van der Waals surface area contributed by atoms with Crippen LogP contribution >= 0.6 is 0 Å². The molecule has 1 aliphatic rings. The molecule has 0 bridgehead atoms. The number of likely N-dealkylation sites (tertiary alicyclic amines) is 1. The fourth-order valence-corrected chi connectivity index (χ4v) is 3.07. The Morgan fingerprint density at radius 2 is 1.90 bits per heavy atom. The Balaban J connectivity index is 2.43. The molecule has 1 heterocycles. The predicted molar refractivity (Wildman–Crippen MR) is 85.5 cm³/mol. The Kier molecular flexibility index (Phi) is 6.51. The van der Waals surface area contributed by atoms with Gasteiger partial charge in [-0.15, -0.1) is 0 Å². The summed E-state index contributed by atoms with van der Waals surface area (Å²) in [6.45, 7) is 11.7. The Hall–Kier alpha value is -0.770. The third-order valence-electron chi connectivity index (χ3n) is 4.03. The zero-order valence-corrected chi connectivity index (χ0v) is 14.7. The van der Waals surface area contributed by atoms with Gasteiger partial charge < -0.3 is 14.4 Å². The summed E-state index contributed by atoms with van der Waals surface area (Å²) in [5, 5.41) is 0. The topological polar surface area (TPSA) is 38.8 Å². The molecule has 0 radical (unpaired) electrons. The fraction of sp³-hybridized carbons (Fsp3) is 0.941. The van der Waals surface area contributed by atoms with Crippen LogP contribution < -0.4 is 0 Å². The molecule has 0 aromatic heterocycles. The largest absolute Gasteiger partial charge is 0.444 e. The number of nitrogens with zero attached hydrogens (tertiary/aromatic N) is 1. The van der Waals surface area contributed by atoms with Crippen LogP contribution in [0.5, 0.6) is 0 Å². The van der Waals surface area contributed by atoms with Crippen molar-refractivity contribution in [3.8, 4) is 0 Å². The Labute approximate surface area is 130 Å². The number of ether oxygens (including phenoxy) is 2. The quantitative estimate of drug-likeness (QED) is 0.689. The highest BCUT2D eigenvalue weighted by molar-refractivity contribution is 5.69. The van der Waals surface area contributed by atoms with Gasteiger partial charge in [0.25, 0.3) is 0 Å². The van der Waals surface area contributed by atoms with Crippen molar-refractivity contribution >= 4 is 6.09 Å². The first-order chi connectivity index (χ1) is 9.65. The van der Waals surface area contributed by atoms with Crippen molar-refractivity contribution in [1.82, 2.24) is 4.90 Å². The van der Waals surface area contributed by atoms with Crippen LogP contribution in [0, 0.1) is 5.92 Å². The Bertz CT molecular complexity index is 333. The van der Waals surface area contributed by atoms with Crippen LogP contribution in [0.4, 0.5) is 4.79 Å². The van der Waals surface area contributed by atoms with Crippen molar-refractivity contribution < 1.29 is 14.3 Å². The van der Waals surface area contributed by atoms with Gasteiger partial charge in [-0.25, -0.2) is 4.79 Å². The standard InChI is InChI=1S/C17H33NO3/c1-16(2,3)21-15(19)18-13-14(12-17(18,4)5)10-8-7-9-11-20-6/h14H,7-13H2,1-6H3. The summed E-state index contributed by atoms with van der Waals surface area (Å²) in [5.74, 6) is 0.593. The number of hydrogen-bond acceptors (Lipinski definition) is 3. The highest BCUT2D eigenvalue weighted by Gasteiger charge is 2.42. The molecule has 1 rings (SSSR count). The minimum Gasteiger partial charge on any atom is -0.444 e. The second kappa shape index (κ2) is 7.48. The van der Waals surface area contributed by atoms with E-state index in [4.69, 9.17) is 9.47 Å². The van der Waals surface area contributed by atoms with E-state index in [0.717, 1.165) is 26.0 Å². The molecule has 1 unspecified atom stereocenters. The summed E-state index contributed by atoms with van der Waals surface area (Å²) in [6, 6.07) is 0. The number of methoxy groups -OCH3 is 1. The third-order valence-corrected chi connectivity index (χ3v) is 4.03. The van der Waals surface area contributed by atoms with E-state index in [2.05, 4.69) is 13.8 Å². The van der Waals surface area contributed by atoms with Gasteiger partial charge in [0.05, 0.1) is 0 Å². The minimum absolute atomic E-state index is 0.0977. The smallest absolute Gasteiger partial charge is 0.410 e. The molecule has 1 atom stereocenters. The van der Waals surface area contributed by atoms with Gasteiger partial charge in [0, 0.05) is 25.8 Å². The average Bonchev–Trinajstić information content (AvgIpc) is 2.62. The van der Waals surface area contributed by atoms with E-state index in [1.54, 1.807) is 7.11 Å². The van der Waals surface area contributed by atoms with E-state index >= 15 is 0 Å². The molecule has 0 spiro atoms. The minimum atomic E-state index is -0.425. The number of hydrogen-bond donors (Lipinski definition) is 0. The normalized spacial score (nSPS) is 21.6. The van der Waals surface area contributed by atoms with Gasteiger partial charge in [0.15, 0.2) is 0 Å². The molecule has 0 saturated carbocycles. The predicted octanol–water partition coefficient (Wildman–Crippen LogP) is 4.23. The van der Waals surface area contributed by atoms with Crippen molar-refractivity contribution in [2.24, 2.45) is 5.92 Å². The zero-order chi connectivity index (χ0) is 16.1. The third kappa shape index (κ3) is 6.25. The highest BCUT2D eigenvalue weighted by atomic mass is 16.6. The summed E-state index contributed by atoms with van der Waals surface area (Å²) >= 11 is 0. The molecule has 0 aromatic rings. The van der Waals surface area contributed by atoms with Crippen LogP contribution in [0.2, 0.25) is 0 Å². The van der Waals surface area contributed by atoms with Gasteiger partial charge in [-0.05, 0) is 59.8 Å². The molecule has 0 N–H and O–H groups in total. The molecule has 4 nitrogen and oxygen atoms in total. The van der Waals surface area contributed by atoms with Gasteiger partial charge in [0.1, 0.15) is 5.60 Å². The van der Waals surface area contributed by atoms with Gasteiger partial charge in [-0.1, -0.05) is 12.8 Å². The maximum absolute atomic E-state index is 12.3. The second-order valence-corrected chi connectivity index (χ2v) is 7.82. The summed E-state index contributed by atoms with van der Waals surface area (Å²) in [4.78, 5) is 14.2. The van der Waals surface area contributed by atoms with Crippen LogP contribution in [-0.2, 0) is 9.47 Å². The Morgan fingerprint density at radius 1 is 1.24 bits per heavy atom. The van der Waals surface area contributed by atoms with Crippen molar-refractivity contribution in [3.05, 3.63) is 0 Å². The zero-order valence-electron chi connectivity index (χ0n) is 14.7. The number of carbonyl (C=O) groups is 1. The monoisotopic (exact) mass is 299 g/mol. The van der Waals surface area contributed by atoms with Crippen molar-refractivity contribution in [3.63, 3.8) is 0 Å². The van der Waals surface area contributed by atoms with E-state index in [9.17, 15) is 4.79 Å². The first-order valence-corrected chi connectivity index (χ1v) is 8.15. The van der Waals surface area contributed by atoms with Crippen molar-refractivity contribution in [1.29, 1.82) is 0 Å². The average molecular weight is 299 g/mol. The SMILES string of the molecule is COCCCCCC1CN(C(=O)OC(C)(C)C)C(C)(C)C1. The van der Waals surface area contributed by atoms with E-state index < -0.39 is 5.60 Å². The molecular weight excluding hydrogens is 266 g/mol. The van der Waals surface area contributed by atoms with Gasteiger partial charge >= 0.3 is 6.09 Å². The van der Waals surface area contributed by atoms with E-state index in [1.807, 2.05) is 25.7 Å². The second-order valence-electron chi connectivity index (χ2n) is 7.82. The van der Waals surface area contributed by atoms with Crippen LogP contribution in [0.3, 0.4) is 0 Å². The molecule has 4 heteroatoms. The lowest BCUT2D eigenvalue weighted by atomic mass is 9.93. The lowest BCUT2D eigenvalue weighted by Crippen LogP contribution is -2.45. The van der Waals surface area contributed by atoms with Crippen molar-refractivity contribution in [2.45, 2.75) is 77.9 Å². The first-order valence-electron chi connectivity index (χ1n) is 8.15. The lowest BCUT2D eigenvalue weighted by molar-refractivity contribution is 0.0131. The molecule has 1 fully saturated rings. The van der Waals surface area contributed by atoms with Crippen LogP contribution in [0.25, 0.3) is 0 Å². The number of carbonyl (C=O) groups excluding carboxylic acids is 1. The number of unbranched alkanes of at least 4 members (excludes halogenated alkanes) is 2. The van der Waals surface area contributed by atoms with E-state index in [0.29, 0.717) is 5.92 Å². The lowest BCUT2D eigenvalue weighted by Gasteiger charge is -2.33. The van der Waals surface area contributed by atoms with Crippen LogP contribution in [-0.4, -0.2) is 42.4 Å². The summed E-state index contributed by atoms with van der Waals surface area (Å²) in [7, 11) is 1.75. The van der Waals surface area contributed by atoms with Crippen LogP contribution in [0.15, 0.2) is 0 Å². The summed E-state index contributed by atoms with van der Waals surface area (Å²) in [6.07, 6.45) is 5.63. The molecule has 1 saturated heterocycles. The van der Waals surface area contributed by atoms with Gasteiger partial charge in [0.2, 0.25) is 0 Å². The number of amides is 1. The van der Waals surface area contributed by atoms with Gasteiger partial charge in [-0.2, -0.15) is 0 Å². The number of rotatable bonds is 6. The summed E-state index contributed by atoms with van der Waals surface area (Å²) in [5.41, 5.74) is -0.523. The molecule has 124 valence electrons. The molecule has 1 aliphatic heterocycles. The molecule has 0 aliphatic carbocycles. The van der Waals surface area contributed by atoms with Gasteiger partial charge in [-0.3, -0.25) is 0 Å². The molecule has 0 aromatic carbocycles. The highest BCUT2D eigenvalue weighted by Crippen LogP contribution is 2.36. The van der Waals surface area contributed by atoms with Crippen molar-refractivity contribution in [2.75, 3.05) is 20.3 Å². The summed E-state index contributed by atoms with van der Waals surface area (Å²) < 4.78 is 10.6.